The van der Waals surface area contributed by atoms with Gasteiger partial charge in [-0.15, -0.1) is 0 Å². The second-order valence-corrected chi connectivity index (χ2v) is 6.33. The van der Waals surface area contributed by atoms with Gasteiger partial charge in [0.15, 0.2) is 6.61 Å². The van der Waals surface area contributed by atoms with E-state index in [0.29, 0.717) is 27.2 Å². The van der Waals surface area contributed by atoms with E-state index in [4.69, 9.17) is 16.3 Å². The molecule has 8 heteroatoms. The fourth-order valence-corrected chi connectivity index (χ4v) is 2.85. The van der Waals surface area contributed by atoms with Crippen LogP contribution in [0.3, 0.4) is 0 Å². The molecular formula is C20H17ClN2O5. The van der Waals surface area contributed by atoms with Gasteiger partial charge in [-0.25, -0.2) is 4.79 Å². The van der Waals surface area contributed by atoms with E-state index >= 15 is 0 Å². The van der Waals surface area contributed by atoms with Crippen molar-refractivity contribution in [2.45, 2.75) is 6.54 Å². The molecule has 0 saturated heterocycles. The standard InChI is InChI=1S/C20H17ClN2O5/c1-27-19(25)12-28-17-7-3-6-16-15(17)8-9-23(20(16)26)11-18(24)22-14-5-2-4-13(21)10-14/h2-10H,11-12H2,1H3,(H,22,24). The zero-order valence-electron chi connectivity index (χ0n) is 15.0. The molecule has 1 aromatic heterocycles. The molecule has 0 unspecified atom stereocenters. The maximum atomic E-state index is 12.7. The molecule has 28 heavy (non-hydrogen) atoms. The number of aromatic nitrogens is 1. The Hall–Kier alpha value is -3.32. The molecule has 0 fully saturated rings. The lowest BCUT2D eigenvalue weighted by atomic mass is 10.1. The molecule has 0 bridgehead atoms. The maximum absolute atomic E-state index is 12.7. The highest BCUT2D eigenvalue weighted by atomic mass is 35.5. The second kappa shape index (κ2) is 8.58. The van der Waals surface area contributed by atoms with Gasteiger partial charge < -0.3 is 19.4 Å². The van der Waals surface area contributed by atoms with Gasteiger partial charge in [0.05, 0.1) is 12.5 Å². The topological polar surface area (TPSA) is 86.6 Å². The minimum Gasteiger partial charge on any atom is -0.481 e. The number of methoxy groups -OCH3 is 1. The summed E-state index contributed by atoms with van der Waals surface area (Å²) in [4.78, 5) is 36.3. The molecule has 144 valence electrons. The highest BCUT2D eigenvalue weighted by Crippen LogP contribution is 2.23. The number of halogens is 1. The number of amides is 1. The molecule has 3 aromatic rings. The van der Waals surface area contributed by atoms with Gasteiger partial charge in [0, 0.05) is 22.3 Å². The molecule has 3 rings (SSSR count). The molecular weight excluding hydrogens is 384 g/mol. The van der Waals surface area contributed by atoms with Crippen molar-refractivity contribution >= 4 is 39.9 Å². The van der Waals surface area contributed by atoms with Gasteiger partial charge in [0.2, 0.25) is 5.91 Å². The van der Waals surface area contributed by atoms with Gasteiger partial charge in [-0.2, -0.15) is 0 Å². The highest BCUT2D eigenvalue weighted by molar-refractivity contribution is 6.30. The summed E-state index contributed by atoms with van der Waals surface area (Å²) in [7, 11) is 1.27. The number of carbonyl (C=O) groups is 2. The van der Waals surface area contributed by atoms with Gasteiger partial charge in [-0.1, -0.05) is 23.7 Å². The zero-order chi connectivity index (χ0) is 20.1. The zero-order valence-corrected chi connectivity index (χ0v) is 15.7. The van der Waals surface area contributed by atoms with Crippen molar-refractivity contribution in [1.82, 2.24) is 4.57 Å². The third kappa shape index (κ3) is 4.50. The van der Waals surface area contributed by atoms with Crippen LogP contribution in [0.25, 0.3) is 10.8 Å². The number of anilines is 1. The molecule has 0 atom stereocenters. The molecule has 2 aromatic carbocycles. The van der Waals surface area contributed by atoms with E-state index in [1.165, 1.54) is 17.9 Å². The summed E-state index contributed by atoms with van der Waals surface area (Å²) in [6.45, 7) is -0.421. The first kappa shape index (κ1) is 19.4. The number of fused-ring (bicyclic) bond motifs is 1. The number of carbonyl (C=O) groups excluding carboxylic acids is 2. The summed E-state index contributed by atoms with van der Waals surface area (Å²) < 4.78 is 11.3. The molecule has 0 aliphatic heterocycles. The number of rotatable bonds is 6. The Bertz CT molecular complexity index is 1090. The Morgan fingerprint density at radius 1 is 1.11 bits per heavy atom. The third-order valence-corrected chi connectivity index (χ3v) is 4.21. The van der Waals surface area contributed by atoms with E-state index < -0.39 is 5.97 Å². The summed E-state index contributed by atoms with van der Waals surface area (Å²) in [6.07, 6.45) is 1.51. The van der Waals surface area contributed by atoms with Crippen LogP contribution >= 0.6 is 11.6 Å². The fourth-order valence-electron chi connectivity index (χ4n) is 2.66. The molecule has 1 heterocycles. The van der Waals surface area contributed by atoms with E-state index in [0.717, 1.165) is 0 Å². The first-order valence-electron chi connectivity index (χ1n) is 8.35. The van der Waals surface area contributed by atoms with Crippen LogP contribution in [0.4, 0.5) is 5.69 Å². The second-order valence-electron chi connectivity index (χ2n) is 5.89. The smallest absolute Gasteiger partial charge is 0.343 e. The van der Waals surface area contributed by atoms with Crippen LogP contribution in [0.5, 0.6) is 5.75 Å². The minimum atomic E-state index is -0.525. The molecule has 1 N–H and O–H groups in total. The van der Waals surface area contributed by atoms with Gasteiger partial charge >= 0.3 is 5.97 Å². The molecule has 0 spiro atoms. The monoisotopic (exact) mass is 400 g/mol. The fraction of sp³-hybridized carbons (Fsp3) is 0.150. The van der Waals surface area contributed by atoms with Gasteiger partial charge in [0.1, 0.15) is 12.3 Å². The van der Waals surface area contributed by atoms with Crippen LogP contribution in [-0.4, -0.2) is 30.2 Å². The SMILES string of the molecule is COC(=O)COc1cccc2c(=O)n(CC(=O)Nc3cccc(Cl)c3)ccc12. The first-order valence-corrected chi connectivity index (χ1v) is 8.73. The molecule has 0 aliphatic rings. The number of esters is 1. The molecule has 7 nitrogen and oxygen atoms in total. The van der Waals surface area contributed by atoms with Crippen molar-refractivity contribution in [2.75, 3.05) is 19.0 Å². The molecule has 0 radical (unpaired) electrons. The van der Waals surface area contributed by atoms with E-state index in [-0.39, 0.29) is 24.6 Å². The Balaban J connectivity index is 1.81. The number of pyridine rings is 1. The largest absolute Gasteiger partial charge is 0.481 e. The van der Waals surface area contributed by atoms with Crippen molar-refractivity contribution in [2.24, 2.45) is 0 Å². The van der Waals surface area contributed by atoms with Crippen molar-refractivity contribution in [3.8, 4) is 5.75 Å². The lowest BCUT2D eigenvalue weighted by molar-refractivity contribution is -0.142. The lowest BCUT2D eigenvalue weighted by Gasteiger charge is -2.11. The van der Waals surface area contributed by atoms with E-state index in [1.807, 2.05) is 0 Å². The lowest BCUT2D eigenvalue weighted by Crippen LogP contribution is -2.27. The Morgan fingerprint density at radius 2 is 1.89 bits per heavy atom. The van der Waals surface area contributed by atoms with Gasteiger partial charge in [-0.05, 0) is 36.4 Å². The number of benzene rings is 2. The molecule has 0 saturated carbocycles. The quantitative estimate of drug-likeness (QED) is 0.643. The van der Waals surface area contributed by atoms with E-state index in [2.05, 4.69) is 10.1 Å². The summed E-state index contributed by atoms with van der Waals surface area (Å²) in [5.41, 5.74) is 0.201. The Morgan fingerprint density at radius 3 is 2.64 bits per heavy atom. The summed E-state index contributed by atoms with van der Waals surface area (Å²) in [5, 5.41) is 4.12. The molecule has 1 amide bonds. The van der Waals surface area contributed by atoms with Gasteiger partial charge in [0.25, 0.3) is 5.56 Å². The van der Waals surface area contributed by atoms with Crippen LogP contribution in [0, 0.1) is 0 Å². The average Bonchev–Trinajstić information content (AvgIpc) is 2.68. The third-order valence-electron chi connectivity index (χ3n) is 3.97. The Labute approximate surface area is 165 Å². The minimum absolute atomic E-state index is 0.158. The predicted octanol–water partition coefficient (Wildman–Crippen LogP) is 2.85. The maximum Gasteiger partial charge on any atom is 0.343 e. The number of nitrogens with one attached hydrogen (secondary N) is 1. The number of hydrogen-bond acceptors (Lipinski definition) is 5. The van der Waals surface area contributed by atoms with E-state index in [1.54, 1.807) is 48.5 Å². The number of nitrogens with zero attached hydrogens (tertiary/aromatic N) is 1. The highest BCUT2D eigenvalue weighted by Gasteiger charge is 2.11. The number of ether oxygens (including phenoxy) is 2. The van der Waals surface area contributed by atoms with Crippen LogP contribution in [0.2, 0.25) is 5.02 Å². The van der Waals surface area contributed by atoms with Gasteiger partial charge in [-0.3, -0.25) is 9.59 Å². The average molecular weight is 401 g/mol. The van der Waals surface area contributed by atoms with Crippen LogP contribution in [0.15, 0.2) is 59.5 Å². The summed E-state index contributed by atoms with van der Waals surface area (Å²) >= 11 is 5.90. The van der Waals surface area contributed by atoms with Crippen molar-refractivity contribution in [1.29, 1.82) is 0 Å². The Kier molecular flexibility index (Phi) is 5.96. The van der Waals surface area contributed by atoms with Crippen LogP contribution < -0.4 is 15.6 Å². The van der Waals surface area contributed by atoms with Crippen LogP contribution in [-0.2, 0) is 20.9 Å². The van der Waals surface area contributed by atoms with Crippen LogP contribution in [0.1, 0.15) is 0 Å². The summed E-state index contributed by atoms with van der Waals surface area (Å²) in [6, 6.07) is 13.3. The van der Waals surface area contributed by atoms with Crippen molar-refractivity contribution < 1.29 is 19.1 Å². The normalized spacial score (nSPS) is 10.5. The number of hydrogen-bond donors (Lipinski definition) is 1. The summed E-state index contributed by atoms with van der Waals surface area (Å²) in [5.74, 6) is -0.500. The predicted molar refractivity (Wildman–Crippen MR) is 106 cm³/mol. The molecule has 0 aliphatic carbocycles. The first-order chi connectivity index (χ1) is 13.5. The van der Waals surface area contributed by atoms with Crippen molar-refractivity contribution in [3.05, 3.63) is 70.1 Å². The van der Waals surface area contributed by atoms with Crippen molar-refractivity contribution in [3.63, 3.8) is 0 Å². The van der Waals surface area contributed by atoms with E-state index in [9.17, 15) is 14.4 Å².